The highest BCUT2D eigenvalue weighted by Crippen LogP contribution is 2.83. The predicted molar refractivity (Wildman–Crippen MR) is 150 cm³/mol. The number of nitrogens with one attached hydrogen (secondary N) is 1. The van der Waals surface area contributed by atoms with E-state index in [-0.39, 0.29) is 58.5 Å². The smallest absolute Gasteiger partial charge is 0.266 e. The van der Waals surface area contributed by atoms with Gasteiger partial charge in [-0.05, 0) is 84.9 Å². The van der Waals surface area contributed by atoms with Crippen molar-refractivity contribution in [3.63, 3.8) is 0 Å². The van der Waals surface area contributed by atoms with Crippen molar-refractivity contribution >= 4 is 16.0 Å². The van der Waals surface area contributed by atoms with Crippen molar-refractivity contribution < 1.29 is 33.1 Å². The predicted octanol–water partition coefficient (Wildman–Crippen LogP) is 3.93. The second-order valence-electron chi connectivity index (χ2n) is 15.2. The zero-order valence-corrected chi connectivity index (χ0v) is 25.9. The summed E-state index contributed by atoms with van der Waals surface area (Å²) in [5.41, 5.74) is -1.89. The van der Waals surface area contributed by atoms with E-state index < -0.39 is 38.9 Å². The van der Waals surface area contributed by atoms with Gasteiger partial charge in [0.25, 0.3) is 10.1 Å². The Balaban J connectivity index is 1.61. The van der Waals surface area contributed by atoms with Crippen molar-refractivity contribution in [1.29, 1.82) is 0 Å². The van der Waals surface area contributed by atoms with Crippen LogP contribution in [0.5, 0.6) is 0 Å². The van der Waals surface area contributed by atoms with E-state index in [4.69, 9.17) is 4.55 Å². The highest BCUT2D eigenvalue weighted by molar-refractivity contribution is 7.85. The lowest BCUT2D eigenvalue weighted by Crippen LogP contribution is -2.77. The van der Waals surface area contributed by atoms with E-state index in [1.54, 1.807) is 0 Å². The fraction of sp³-hybridized carbons (Fsp3) is 0.967. The first-order chi connectivity index (χ1) is 17.7. The van der Waals surface area contributed by atoms with Crippen molar-refractivity contribution in [2.24, 2.45) is 44.3 Å². The van der Waals surface area contributed by atoms with Crippen LogP contribution in [0, 0.1) is 44.3 Å². The second-order valence-corrected chi connectivity index (χ2v) is 16.7. The maximum atomic E-state index is 12.4. The molecule has 0 bridgehead atoms. The summed E-state index contributed by atoms with van der Waals surface area (Å²) in [4.78, 5) is 12.4. The molecular weight excluding hydrogens is 518 g/mol. The minimum absolute atomic E-state index is 0.118. The standard InChI is InChI=1S/C30H53NO7S/c1-19(8-9-24(35)31-14-15-39(36,37)38)21-11-13-27(4)29(21,6)22(33)18-28(5)26(3)12-10-20(32)16-25(26,2)17-23(34)30(27,28)7/h19-23,32-34H,8-18H2,1-7H3,(H,31,35)(H,36,37,38)/t19-,20-,21-,22+,23-,25+,26+,27-,28-,29+,30+/m1/s1. The average molecular weight is 572 g/mol. The first-order valence-corrected chi connectivity index (χ1v) is 16.6. The van der Waals surface area contributed by atoms with Gasteiger partial charge in [-0.1, -0.05) is 48.5 Å². The summed E-state index contributed by atoms with van der Waals surface area (Å²) in [6.07, 6.45) is 4.80. The monoisotopic (exact) mass is 571 g/mol. The molecule has 0 aromatic heterocycles. The summed E-state index contributed by atoms with van der Waals surface area (Å²) in [7, 11) is -4.12. The Hall–Kier alpha value is -0.740. The third-order valence-electron chi connectivity index (χ3n) is 14.2. The lowest BCUT2D eigenvalue weighted by molar-refractivity contribution is -0.345. The van der Waals surface area contributed by atoms with Crippen LogP contribution in [-0.2, 0) is 14.9 Å². The van der Waals surface area contributed by atoms with Gasteiger partial charge in [0.2, 0.25) is 5.91 Å². The Morgan fingerprint density at radius 3 is 2.13 bits per heavy atom. The van der Waals surface area contributed by atoms with E-state index >= 15 is 0 Å². The maximum absolute atomic E-state index is 12.4. The summed E-state index contributed by atoms with van der Waals surface area (Å²) >= 11 is 0. The number of hydrogen-bond acceptors (Lipinski definition) is 6. The Bertz CT molecular complexity index is 1080. The van der Waals surface area contributed by atoms with Crippen LogP contribution in [-0.4, -0.2) is 64.8 Å². The molecule has 0 spiro atoms. The quantitative estimate of drug-likeness (QED) is 0.291. The number of aliphatic hydroxyl groups is 3. The molecule has 1 amide bonds. The topological polar surface area (TPSA) is 144 Å². The Labute approximate surface area is 235 Å². The third kappa shape index (κ3) is 4.18. The molecule has 4 saturated carbocycles. The lowest BCUT2D eigenvalue weighted by atomic mass is 9.26. The largest absolute Gasteiger partial charge is 0.393 e. The van der Waals surface area contributed by atoms with Crippen LogP contribution in [0.1, 0.15) is 106 Å². The molecule has 5 N–H and O–H groups in total. The maximum Gasteiger partial charge on any atom is 0.266 e. The summed E-state index contributed by atoms with van der Waals surface area (Å²) in [5, 5.41) is 37.5. The molecule has 11 atom stereocenters. The minimum Gasteiger partial charge on any atom is -0.393 e. The molecule has 0 aromatic rings. The van der Waals surface area contributed by atoms with Crippen molar-refractivity contribution in [2.45, 2.75) is 125 Å². The first kappa shape index (κ1) is 31.2. The average Bonchev–Trinajstić information content (AvgIpc) is 3.10. The summed E-state index contributed by atoms with van der Waals surface area (Å²) in [6, 6.07) is 0. The Morgan fingerprint density at radius 2 is 1.51 bits per heavy atom. The van der Waals surface area contributed by atoms with Crippen LogP contribution in [0.4, 0.5) is 0 Å². The molecule has 0 aromatic carbocycles. The molecule has 4 aliphatic rings. The van der Waals surface area contributed by atoms with Crippen LogP contribution in [0.2, 0.25) is 0 Å². The molecule has 0 saturated heterocycles. The first-order valence-electron chi connectivity index (χ1n) is 15.0. The van der Waals surface area contributed by atoms with Crippen LogP contribution in [0.3, 0.4) is 0 Å². The Morgan fingerprint density at radius 1 is 0.897 bits per heavy atom. The fourth-order valence-electron chi connectivity index (χ4n) is 11.1. The molecular formula is C30H53NO7S. The zero-order chi connectivity index (χ0) is 29.4. The van der Waals surface area contributed by atoms with Gasteiger partial charge in [-0.15, -0.1) is 0 Å². The minimum atomic E-state index is -4.12. The Kier molecular flexibility index (Phi) is 7.72. The molecule has 9 heteroatoms. The second kappa shape index (κ2) is 9.65. The zero-order valence-electron chi connectivity index (χ0n) is 25.1. The molecule has 39 heavy (non-hydrogen) atoms. The van der Waals surface area contributed by atoms with Gasteiger partial charge in [0, 0.05) is 23.8 Å². The van der Waals surface area contributed by atoms with Gasteiger partial charge in [-0.25, -0.2) is 0 Å². The van der Waals surface area contributed by atoms with Crippen molar-refractivity contribution in [1.82, 2.24) is 5.32 Å². The number of rotatable bonds is 7. The van der Waals surface area contributed by atoms with Crippen molar-refractivity contribution in [3.8, 4) is 0 Å². The molecule has 0 radical (unpaired) electrons. The van der Waals surface area contributed by atoms with E-state index in [1.165, 1.54) is 0 Å². The van der Waals surface area contributed by atoms with Gasteiger partial charge in [-0.3, -0.25) is 9.35 Å². The number of fused-ring (bicyclic) bond motifs is 5. The number of aliphatic hydroxyl groups excluding tert-OH is 3. The van der Waals surface area contributed by atoms with Crippen LogP contribution < -0.4 is 5.32 Å². The van der Waals surface area contributed by atoms with Gasteiger partial charge in [0.05, 0.1) is 24.1 Å². The van der Waals surface area contributed by atoms with E-state index in [0.717, 1.165) is 25.7 Å². The van der Waals surface area contributed by atoms with Crippen LogP contribution in [0.25, 0.3) is 0 Å². The van der Waals surface area contributed by atoms with Gasteiger partial charge in [0.1, 0.15) is 0 Å². The van der Waals surface area contributed by atoms with Crippen LogP contribution >= 0.6 is 0 Å². The molecule has 0 aliphatic heterocycles. The molecule has 0 heterocycles. The molecule has 8 nitrogen and oxygen atoms in total. The van der Waals surface area contributed by atoms with Crippen molar-refractivity contribution in [3.05, 3.63) is 0 Å². The number of hydrogen-bond donors (Lipinski definition) is 5. The van der Waals surface area contributed by atoms with Gasteiger partial charge < -0.3 is 20.6 Å². The highest BCUT2D eigenvalue weighted by atomic mass is 32.2. The van der Waals surface area contributed by atoms with Crippen molar-refractivity contribution in [2.75, 3.05) is 12.3 Å². The SMILES string of the molecule is C[C@H](CCC(=O)NCCS(=O)(=O)O)[C@H]1CC[C@]2(C)[C@]1(C)[C@@H](O)C[C@]1(C)[C@@]3(C)CC[C@@H](O)C[C@@]3(C)C[C@@H](O)[C@@]21C. The molecule has 0 unspecified atom stereocenters. The molecule has 4 fully saturated rings. The van der Waals surface area contributed by atoms with Gasteiger partial charge >= 0.3 is 0 Å². The van der Waals surface area contributed by atoms with E-state index in [0.29, 0.717) is 25.7 Å². The van der Waals surface area contributed by atoms with E-state index in [2.05, 4.69) is 53.8 Å². The molecule has 4 rings (SSSR count). The molecule has 4 aliphatic carbocycles. The summed E-state index contributed by atoms with van der Waals surface area (Å²) < 4.78 is 30.8. The van der Waals surface area contributed by atoms with E-state index in [9.17, 15) is 28.5 Å². The lowest BCUT2D eigenvalue weighted by Gasteiger charge is -2.79. The highest BCUT2D eigenvalue weighted by Gasteiger charge is 2.81. The van der Waals surface area contributed by atoms with Gasteiger partial charge in [-0.2, -0.15) is 8.42 Å². The normalized spacial score (nSPS) is 50.4. The number of amides is 1. The number of carbonyl (C=O) groups excluding carboxylic acids is 1. The van der Waals surface area contributed by atoms with E-state index in [1.807, 2.05) is 0 Å². The third-order valence-corrected chi connectivity index (χ3v) is 14.9. The summed E-state index contributed by atoms with van der Waals surface area (Å²) in [6.45, 7) is 15.7. The fourth-order valence-corrected chi connectivity index (χ4v) is 11.5. The van der Waals surface area contributed by atoms with Gasteiger partial charge in [0.15, 0.2) is 0 Å². The van der Waals surface area contributed by atoms with Crippen LogP contribution in [0.15, 0.2) is 0 Å². The number of carbonyl (C=O) groups is 1. The molecule has 226 valence electrons. The summed E-state index contributed by atoms with van der Waals surface area (Å²) in [5.74, 6) is -0.422.